The first-order valence-corrected chi connectivity index (χ1v) is 6.93. The minimum Gasteiger partial charge on any atom is -0.477 e. The number of carboxylic acids is 1. The van der Waals surface area contributed by atoms with E-state index < -0.39 is 5.97 Å². The summed E-state index contributed by atoms with van der Waals surface area (Å²) in [6, 6.07) is 1.57. The summed E-state index contributed by atoms with van der Waals surface area (Å²) in [5.74, 6) is -1.08. The van der Waals surface area contributed by atoms with Crippen LogP contribution in [0.1, 0.15) is 79.8 Å². The maximum atomic E-state index is 11.3. The molecule has 4 heteroatoms. The van der Waals surface area contributed by atoms with E-state index in [9.17, 15) is 14.7 Å². The molecule has 1 aromatic heterocycles. The zero-order valence-electron chi connectivity index (χ0n) is 12.0. The highest BCUT2D eigenvalue weighted by molar-refractivity contribution is 5.97. The van der Waals surface area contributed by atoms with Gasteiger partial charge in [-0.25, -0.2) is 4.79 Å². The van der Waals surface area contributed by atoms with E-state index in [0.717, 1.165) is 12.8 Å². The van der Waals surface area contributed by atoms with Crippen molar-refractivity contribution < 1.29 is 14.7 Å². The Bertz CT molecular complexity index is 448. The van der Waals surface area contributed by atoms with Gasteiger partial charge in [0, 0.05) is 17.8 Å². The number of hydrogen-bond acceptors (Lipinski definition) is 2. The van der Waals surface area contributed by atoms with Gasteiger partial charge in [-0.3, -0.25) is 4.79 Å². The predicted octanol–water partition coefficient (Wildman–Crippen LogP) is 3.92. The van der Waals surface area contributed by atoms with Crippen molar-refractivity contribution in [2.24, 2.45) is 0 Å². The van der Waals surface area contributed by atoms with Crippen LogP contribution in [0.25, 0.3) is 0 Å². The van der Waals surface area contributed by atoms with Gasteiger partial charge in [0.25, 0.3) is 0 Å². The maximum absolute atomic E-state index is 11.3. The number of rotatable bonds is 8. The van der Waals surface area contributed by atoms with Gasteiger partial charge in [0.05, 0.1) is 0 Å². The van der Waals surface area contributed by atoms with Gasteiger partial charge in [-0.15, -0.1) is 0 Å². The summed E-state index contributed by atoms with van der Waals surface area (Å²) in [6.45, 7) is 5.62. The minimum absolute atomic E-state index is 0.0977. The highest BCUT2D eigenvalue weighted by Gasteiger charge is 2.18. The second kappa shape index (κ2) is 7.12. The van der Waals surface area contributed by atoms with Gasteiger partial charge in [0.15, 0.2) is 5.78 Å². The molecule has 0 aromatic carbocycles. The molecular formula is C15H23NO3. The summed E-state index contributed by atoms with van der Waals surface area (Å²) in [4.78, 5) is 22.6. The van der Waals surface area contributed by atoms with Crippen LogP contribution in [0.15, 0.2) is 12.3 Å². The van der Waals surface area contributed by atoms with E-state index in [1.165, 1.54) is 32.3 Å². The molecule has 0 aliphatic carbocycles. The largest absolute Gasteiger partial charge is 0.477 e. The number of carbonyl (C=O) groups excluding carboxylic acids is 1. The van der Waals surface area contributed by atoms with E-state index in [0.29, 0.717) is 5.56 Å². The quantitative estimate of drug-likeness (QED) is 0.572. The standard InChI is InChI=1S/C15H23NO3/c1-4-5-6-7-8-11(2)16-10-13(12(3)17)9-14(16)15(18)19/h9-11H,4-8H2,1-3H3,(H,18,19). The van der Waals surface area contributed by atoms with Gasteiger partial charge in [0.2, 0.25) is 0 Å². The summed E-state index contributed by atoms with van der Waals surface area (Å²) in [5.41, 5.74) is 0.672. The van der Waals surface area contributed by atoms with Crippen LogP contribution >= 0.6 is 0 Å². The highest BCUT2D eigenvalue weighted by Crippen LogP contribution is 2.21. The first kappa shape index (κ1) is 15.5. The Morgan fingerprint density at radius 1 is 1.32 bits per heavy atom. The van der Waals surface area contributed by atoms with Crippen LogP contribution in [-0.2, 0) is 0 Å². The Morgan fingerprint density at radius 2 is 2.00 bits per heavy atom. The molecule has 0 bridgehead atoms. The van der Waals surface area contributed by atoms with Crippen LogP contribution < -0.4 is 0 Å². The first-order valence-electron chi connectivity index (χ1n) is 6.93. The smallest absolute Gasteiger partial charge is 0.352 e. The molecule has 0 aliphatic heterocycles. The number of ketones is 1. The number of unbranched alkanes of at least 4 members (excludes halogenated alkanes) is 3. The zero-order valence-corrected chi connectivity index (χ0v) is 12.0. The lowest BCUT2D eigenvalue weighted by atomic mass is 10.1. The number of aromatic carboxylic acids is 1. The van der Waals surface area contributed by atoms with Gasteiger partial charge in [-0.2, -0.15) is 0 Å². The van der Waals surface area contributed by atoms with Crippen LogP contribution in [-0.4, -0.2) is 21.4 Å². The molecule has 19 heavy (non-hydrogen) atoms. The van der Waals surface area contributed by atoms with Crippen molar-refractivity contribution in [3.05, 3.63) is 23.5 Å². The number of carbonyl (C=O) groups is 2. The lowest BCUT2D eigenvalue weighted by Gasteiger charge is -2.15. The van der Waals surface area contributed by atoms with Crippen molar-refractivity contribution in [2.75, 3.05) is 0 Å². The minimum atomic E-state index is -0.979. The molecule has 4 nitrogen and oxygen atoms in total. The van der Waals surface area contributed by atoms with Crippen molar-refractivity contribution in [1.82, 2.24) is 4.57 Å². The third-order valence-electron chi connectivity index (χ3n) is 3.42. The third-order valence-corrected chi connectivity index (χ3v) is 3.42. The van der Waals surface area contributed by atoms with Crippen molar-refractivity contribution in [1.29, 1.82) is 0 Å². The van der Waals surface area contributed by atoms with Crippen molar-refractivity contribution >= 4 is 11.8 Å². The molecule has 1 atom stereocenters. The molecule has 1 unspecified atom stereocenters. The normalized spacial score (nSPS) is 12.4. The number of aromatic nitrogens is 1. The third kappa shape index (κ3) is 4.23. The Kier molecular flexibility index (Phi) is 5.80. The first-order chi connectivity index (χ1) is 8.97. The van der Waals surface area contributed by atoms with Gasteiger partial charge < -0.3 is 9.67 Å². The molecule has 0 saturated carbocycles. The summed E-state index contributed by atoms with van der Waals surface area (Å²) >= 11 is 0. The maximum Gasteiger partial charge on any atom is 0.352 e. The van der Waals surface area contributed by atoms with E-state index in [-0.39, 0.29) is 17.5 Å². The average molecular weight is 265 g/mol. The molecule has 0 saturated heterocycles. The summed E-state index contributed by atoms with van der Waals surface area (Å²) in [7, 11) is 0. The number of hydrogen-bond donors (Lipinski definition) is 1. The fraction of sp³-hybridized carbons (Fsp3) is 0.600. The molecule has 1 rings (SSSR count). The molecule has 106 valence electrons. The van der Waals surface area contributed by atoms with Crippen LogP contribution in [0.4, 0.5) is 0 Å². The Hall–Kier alpha value is -1.58. The van der Waals surface area contributed by atoms with Crippen molar-refractivity contribution in [3.8, 4) is 0 Å². The Morgan fingerprint density at radius 3 is 2.53 bits per heavy atom. The predicted molar refractivity (Wildman–Crippen MR) is 74.9 cm³/mol. The van der Waals surface area contributed by atoms with E-state index in [4.69, 9.17) is 0 Å². The molecular weight excluding hydrogens is 242 g/mol. The molecule has 0 radical (unpaired) electrons. The lowest BCUT2D eigenvalue weighted by molar-refractivity contribution is 0.0682. The highest BCUT2D eigenvalue weighted by atomic mass is 16.4. The second-order valence-corrected chi connectivity index (χ2v) is 5.08. The molecule has 0 amide bonds. The second-order valence-electron chi connectivity index (χ2n) is 5.08. The van der Waals surface area contributed by atoms with Crippen molar-refractivity contribution in [2.45, 2.75) is 58.9 Å². The Balaban J connectivity index is 2.79. The van der Waals surface area contributed by atoms with Crippen molar-refractivity contribution in [3.63, 3.8) is 0 Å². The summed E-state index contributed by atoms with van der Waals surface area (Å²) in [6.07, 6.45) is 7.25. The molecule has 0 spiro atoms. The average Bonchev–Trinajstić information content (AvgIpc) is 2.79. The Labute approximate surface area is 114 Å². The summed E-state index contributed by atoms with van der Waals surface area (Å²) < 4.78 is 1.71. The van der Waals surface area contributed by atoms with Gasteiger partial charge >= 0.3 is 5.97 Å². The molecule has 1 aromatic rings. The van der Waals surface area contributed by atoms with Crippen LogP contribution in [0.2, 0.25) is 0 Å². The van der Waals surface area contributed by atoms with E-state index in [2.05, 4.69) is 6.92 Å². The van der Waals surface area contributed by atoms with Crippen LogP contribution in [0, 0.1) is 0 Å². The fourth-order valence-electron chi connectivity index (χ4n) is 2.21. The van der Waals surface area contributed by atoms with E-state index in [1.807, 2.05) is 6.92 Å². The summed E-state index contributed by atoms with van der Waals surface area (Å²) in [5, 5.41) is 9.19. The number of carboxylic acid groups (broad SMARTS) is 1. The molecule has 1 N–H and O–H groups in total. The molecule has 0 fully saturated rings. The van der Waals surface area contributed by atoms with Crippen LogP contribution in [0.5, 0.6) is 0 Å². The van der Waals surface area contributed by atoms with Gasteiger partial charge in [-0.1, -0.05) is 32.6 Å². The topological polar surface area (TPSA) is 59.3 Å². The SMILES string of the molecule is CCCCCCC(C)n1cc(C(C)=O)cc1C(=O)O. The lowest BCUT2D eigenvalue weighted by Crippen LogP contribution is -2.11. The van der Waals surface area contributed by atoms with Crippen LogP contribution in [0.3, 0.4) is 0 Å². The molecule has 0 aliphatic rings. The van der Waals surface area contributed by atoms with E-state index >= 15 is 0 Å². The fourth-order valence-corrected chi connectivity index (χ4v) is 2.21. The molecule has 1 heterocycles. The van der Waals surface area contributed by atoms with E-state index in [1.54, 1.807) is 10.8 Å². The zero-order chi connectivity index (χ0) is 14.4. The van der Waals surface area contributed by atoms with Gasteiger partial charge in [0.1, 0.15) is 5.69 Å². The number of nitrogens with zero attached hydrogens (tertiary/aromatic N) is 1. The monoisotopic (exact) mass is 265 g/mol. The van der Waals surface area contributed by atoms with Gasteiger partial charge in [-0.05, 0) is 26.3 Å². The number of Topliss-reactive ketones (excluding diaryl/α,β-unsaturated/α-hetero) is 1.